The van der Waals surface area contributed by atoms with Gasteiger partial charge in [-0.25, -0.2) is 0 Å². The number of alkyl halides is 3. The highest BCUT2D eigenvalue weighted by Gasteiger charge is 2.06. The summed E-state index contributed by atoms with van der Waals surface area (Å²) in [5.74, 6) is 0. The summed E-state index contributed by atoms with van der Waals surface area (Å²) in [5, 5.41) is -0.546. The van der Waals surface area contributed by atoms with Crippen LogP contribution in [0.1, 0.15) is 6.42 Å². The average Bonchev–Trinajstić information content (AvgIpc) is 1.65. The smallest absolute Gasteiger partial charge is 0.137 e. The number of hydrogen-bond donors (Lipinski definition) is 0. The van der Waals surface area contributed by atoms with E-state index in [0.717, 1.165) is 0 Å². The van der Waals surface area contributed by atoms with E-state index in [4.69, 9.17) is 34.8 Å². The topological polar surface area (TPSA) is 17.1 Å². The normalized spacial score (nSPS) is 14.0. The molecule has 0 rings (SSSR count). The van der Waals surface area contributed by atoms with Crippen LogP contribution in [-0.4, -0.2) is 16.5 Å². The molecular formula is C4H5Cl3O. The number of rotatable bonds is 3. The summed E-state index contributed by atoms with van der Waals surface area (Å²) in [6.07, 6.45) is 0.924. The molecule has 1 unspecified atom stereocenters. The molecule has 1 nitrogen and oxygen atoms in total. The number of carbonyl (C=O) groups is 1. The van der Waals surface area contributed by atoms with Crippen LogP contribution >= 0.6 is 34.8 Å². The van der Waals surface area contributed by atoms with Crippen molar-refractivity contribution in [3.8, 4) is 0 Å². The Hall–Kier alpha value is 0.540. The van der Waals surface area contributed by atoms with Crippen molar-refractivity contribution in [1.29, 1.82) is 0 Å². The van der Waals surface area contributed by atoms with Crippen LogP contribution in [0, 0.1) is 0 Å². The minimum Gasteiger partial charge on any atom is -0.302 e. The van der Waals surface area contributed by atoms with E-state index >= 15 is 0 Å². The van der Waals surface area contributed by atoms with Crippen molar-refractivity contribution in [2.24, 2.45) is 0 Å². The molecule has 0 aromatic heterocycles. The summed E-state index contributed by atoms with van der Waals surface area (Å²) >= 11 is 15.9. The highest BCUT2D eigenvalue weighted by atomic mass is 35.5. The highest BCUT2D eigenvalue weighted by Crippen LogP contribution is 2.12. The van der Waals surface area contributed by atoms with Crippen LogP contribution in [0.4, 0.5) is 0 Å². The molecule has 0 aliphatic heterocycles. The van der Waals surface area contributed by atoms with Crippen LogP contribution in [0.5, 0.6) is 0 Å². The number of halogens is 3. The first-order chi connectivity index (χ1) is 3.66. The Kier molecular flexibility index (Phi) is 4.72. The van der Waals surface area contributed by atoms with Crippen LogP contribution in [0.15, 0.2) is 0 Å². The van der Waals surface area contributed by atoms with Gasteiger partial charge in [0, 0.05) is 6.42 Å². The van der Waals surface area contributed by atoms with E-state index in [-0.39, 0.29) is 0 Å². The van der Waals surface area contributed by atoms with Gasteiger partial charge in [-0.05, 0) is 0 Å². The summed E-state index contributed by atoms with van der Waals surface area (Å²) in [5.41, 5.74) is 0. The summed E-state index contributed by atoms with van der Waals surface area (Å²) in [4.78, 5) is 9.25. The summed E-state index contributed by atoms with van der Waals surface area (Å²) < 4.78 is 0. The zero-order valence-corrected chi connectivity index (χ0v) is 6.25. The number of hydrogen-bond acceptors (Lipinski definition) is 1. The lowest BCUT2D eigenvalue weighted by molar-refractivity contribution is -0.107. The Labute approximate surface area is 62.9 Å². The van der Waals surface area contributed by atoms with E-state index in [1.807, 2.05) is 0 Å². The van der Waals surface area contributed by atoms with Gasteiger partial charge in [-0.3, -0.25) is 0 Å². The van der Waals surface area contributed by atoms with Gasteiger partial charge in [0.05, 0.1) is 5.38 Å². The molecule has 0 spiro atoms. The third kappa shape index (κ3) is 4.69. The maximum atomic E-state index is 9.79. The quantitative estimate of drug-likeness (QED) is 0.474. The molecule has 0 fully saturated rings. The lowest BCUT2D eigenvalue weighted by Gasteiger charge is -1.98. The van der Waals surface area contributed by atoms with Crippen molar-refractivity contribution in [3.05, 3.63) is 0 Å². The molecule has 0 bridgehead atoms. The van der Waals surface area contributed by atoms with E-state index in [2.05, 4.69) is 0 Å². The minimum absolute atomic E-state index is 0.314. The SMILES string of the molecule is O=CC(Cl)CC(Cl)Cl. The van der Waals surface area contributed by atoms with E-state index in [0.29, 0.717) is 12.7 Å². The Morgan fingerprint density at radius 2 is 1.88 bits per heavy atom. The van der Waals surface area contributed by atoms with Crippen LogP contribution < -0.4 is 0 Å². The third-order valence-electron chi connectivity index (χ3n) is 0.551. The van der Waals surface area contributed by atoms with Gasteiger partial charge in [0.2, 0.25) is 0 Å². The first-order valence-electron chi connectivity index (χ1n) is 2.04. The predicted octanol–water partition coefficient (Wildman–Crippen LogP) is 1.99. The van der Waals surface area contributed by atoms with E-state index in [9.17, 15) is 4.79 Å². The maximum Gasteiger partial charge on any atom is 0.137 e. The zero-order valence-electron chi connectivity index (χ0n) is 3.98. The van der Waals surface area contributed by atoms with E-state index in [1.54, 1.807) is 0 Å². The van der Waals surface area contributed by atoms with Gasteiger partial charge < -0.3 is 4.79 Å². The average molecular weight is 175 g/mol. The highest BCUT2D eigenvalue weighted by molar-refractivity contribution is 6.44. The van der Waals surface area contributed by atoms with Crippen LogP contribution in [-0.2, 0) is 4.79 Å². The monoisotopic (exact) mass is 174 g/mol. The van der Waals surface area contributed by atoms with Gasteiger partial charge in [0.25, 0.3) is 0 Å². The molecule has 0 N–H and O–H groups in total. The van der Waals surface area contributed by atoms with E-state index in [1.165, 1.54) is 0 Å². The van der Waals surface area contributed by atoms with Gasteiger partial charge in [-0.1, -0.05) is 0 Å². The second-order valence-electron chi connectivity index (χ2n) is 1.28. The van der Waals surface area contributed by atoms with Crippen molar-refractivity contribution in [2.45, 2.75) is 16.6 Å². The molecule has 8 heavy (non-hydrogen) atoms. The molecule has 4 heteroatoms. The lowest BCUT2D eigenvalue weighted by Crippen LogP contribution is -2.03. The summed E-state index contributed by atoms with van der Waals surface area (Å²) in [6.45, 7) is 0. The lowest BCUT2D eigenvalue weighted by atomic mass is 10.4. The standard InChI is InChI=1S/C4H5Cl3O/c5-3(2-8)1-4(6)7/h2-4H,1H2. The fourth-order valence-corrected chi connectivity index (χ4v) is 0.970. The van der Waals surface area contributed by atoms with Crippen molar-refractivity contribution in [2.75, 3.05) is 0 Å². The molecule has 0 saturated carbocycles. The molecule has 0 aromatic rings. The molecule has 0 aromatic carbocycles. The third-order valence-corrected chi connectivity index (χ3v) is 1.19. The summed E-state index contributed by atoms with van der Waals surface area (Å²) in [7, 11) is 0. The Morgan fingerprint density at radius 1 is 1.38 bits per heavy atom. The molecule has 0 heterocycles. The van der Waals surface area contributed by atoms with Gasteiger partial charge in [-0.15, -0.1) is 34.8 Å². The molecule has 0 radical (unpaired) electrons. The second-order valence-corrected chi connectivity index (χ2v) is 3.12. The van der Waals surface area contributed by atoms with Crippen molar-refractivity contribution in [3.63, 3.8) is 0 Å². The maximum absolute atomic E-state index is 9.79. The summed E-state index contributed by atoms with van der Waals surface area (Å²) in [6, 6.07) is 0. The molecule has 0 saturated heterocycles. The van der Waals surface area contributed by atoms with Crippen molar-refractivity contribution < 1.29 is 4.79 Å². The fourth-order valence-electron chi connectivity index (χ4n) is 0.226. The molecule has 0 aliphatic rings. The molecule has 0 amide bonds. The first-order valence-corrected chi connectivity index (χ1v) is 3.35. The van der Waals surface area contributed by atoms with Gasteiger partial charge in [0.1, 0.15) is 11.1 Å². The van der Waals surface area contributed by atoms with Crippen molar-refractivity contribution in [1.82, 2.24) is 0 Å². The Bertz CT molecular complexity index is 73.7. The number of carbonyl (C=O) groups excluding carboxylic acids is 1. The second kappa shape index (κ2) is 4.42. The molecular weight excluding hydrogens is 170 g/mol. The van der Waals surface area contributed by atoms with E-state index < -0.39 is 10.2 Å². The Morgan fingerprint density at radius 3 is 2.00 bits per heavy atom. The molecule has 48 valence electrons. The Balaban J connectivity index is 3.23. The van der Waals surface area contributed by atoms with Crippen LogP contribution in [0.3, 0.4) is 0 Å². The first kappa shape index (κ1) is 8.54. The van der Waals surface area contributed by atoms with Gasteiger partial charge in [-0.2, -0.15) is 0 Å². The fraction of sp³-hybridized carbons (Fsp3) is 0.750. The minimum atomic E-state index is -0.546. The molecule has 1 atom stereocenters. The van der Waals surface area contributed by atoms with Gasteiger partial charge >= 0.3 is 0 Å². The zero-order chi connectivity index (χ0) is 6.57. The van der Waals surface area contributed by atoms with Gasteiger partial charge in [0.15, 0.2) is 0 Å². The number of aldehydes is 1. The van der Waals surface area contributed by atoms with Crippen LogP contribution in [0.2, 0.25) is 0 Å². The predicted molar refractivity (Wildman–Crippen MR) is 35.8 cm³/mol. The van der Waals surface area contributed by atoms with Crippen molar-refractivity contribution >= 4 is 41.1 Å². The van der Waals surface area contributed by atoms with Crippen LogP contribution in [0.25, 0.3) is 0 Å². The molecule has 0 aliphatic carbocycles. The largest absolute Gasteiger partial charge is 0.302 e.